The van der Waals surface area contributed by atoms with Crippen molar-refractivity contribution >= 4 is 50.7 Å². The Kier molecular flexibility index (Phi) is 10.4. The Morgan fingerprint density at radius 1 is 0.974 bits per heavy atom. The molecule has 1 unspecified atom stereocenters. The quantitative estimate of drug-likeness (QED) is 0.335. The van der Waals surface area contributed by atoms with E-state index in [2.05, 4.69) is 5.32 Å². The molecule has 0 heterocycles. The fraction of sp³-hybridized carbons (Fsp3) is 0.310. The topological polar surface area (TPSA) is 86.8 Å². The van der Waals surface area contributed by atoms with Crippen molar-refractivity contribution in [3.63, 3.8) is 0 Å². The average molecular weight is 591 g/mol. The lowest BCUT2D eigenvalue weighted by atomic mass is 10.0. The lowest BCUT2D eigenvalue weighted by Crippen LogP contribution is -2.53. The number of hydrogen-bond acceptors (Lipinski definition) is 4. The molecule has 3 aromatic carbocycles. The summed E-state index contributed by atoms with van der Waals surface area (Å²) in [7, 11) is -3.85. The van der Waals surface area contributed by atoms with E-state index in [1.54, 1.807) is 37.3 Å². The summed E-state index contributed by atoms with van der Waals surface area (Å²) in [5.74, 6) is -0.892. The second-order valence-electron chi connectivity index (χ2n) is 9.35. The van der Waals surface area contributed by atoms with Crippen LogP contribution in [0.4, 0.5) is 5.69 Å². The Labute approximate surface area is 240 Å². The van der Waals surface area contributed by atoms with E-state index in [4.69, 9.17) is 23.2 Å². The summed E-state index contributed by atoms with van der Waals surface area (Å²) in [6.07, 6.45) is 1.29. The van der Waals surface area contributed by atoms with Crippen LogP contribution in [-0.4, -0.2) is 50.5 Å². The number of anilines is 1. The first kappa shape index (κ1) is 30.5. The molecule has 7 nitrogen and oxygen atoms in total. The van der Waals surface area contributed by atoms with Crippen molar-refractivity contribution in [1.82, 2.24) is 10.2 Å². The molecule has 39 heavy (non-hydrogen) atoms. The molecule has 0 aliphatic heterocycles. The van der Waals surface area contributed by atoms with Crippen LogP contribution in [0, 0.1) is 13.8 Å². The Bertz CT molecular complexity index is 1430. The van der Waals surface area contributed by atoms with E-state index >= 15 is 0 Å². The van der Waals surface area contributed by atoms with Crippen LogP contribution < -0.4 is 9.62 Å². The van der Waals surface area contributed by atoms with E-state index in [1.807, 2.05) is 50.2 Å². The number of likely N-dealkylation sites (N-methyl/N-ethyl adjacent to an activating group) is 1. The molecular weight excluding hydrogens is 557 g/mol. The fourth-order valence-electron chi connectivity index (χ4n) is 4.28. The minimum Gasteiger partial charge on any atom is -0.355 e. The van der Waals surface area contributed by atoms with Crippen LogP contribution >= 0.6 is 23.2 Å². The SMILES string of the molecule is CCNC(=O)C(Cc1ccccc1)N(Cc1ccc(Cl)cc1Cl)C(=O)CN(c1cccc(C)c1C)S(C)(=O)=O. The number of sulfonamides is 1. The Morgan fingerprint density at radius 3 is 2.28 bits per heavy atom. The maximum Gasteiger partial charge on any atom is 0.244 e. The van der Waals surface area contributed by atoms with Crippen molar-refractivity contribution in [3.05, 3.63) is 99.0 Å². The van der Waals surface area contributed by atoms with Crippen LogP contribution in [0.25, 0.3) is 0 Å². The van der Waals surface area contributed by atoms with Gasteiger partial charge in [0, 0.05) is 29.6 Å². The number of hydrogen-bond donors (Lipinski definition) is 1. The number of aryl methyl sites for hydroxylation is 1. The molecule has 1 atom stereocenters. The molecule has 2 amide bonds. The number of nitrogens with zero attached hydrogens (tertiary/aromatic N) is 2. The first-order valence-electron chi connectivity index (χ1n) is 12.5. The smallest absolute Gasteiger partial charge is 0.244 e. The Hall–Kier alpha value is -3.07. The molecule has 0 fully saturated rings. The predicted molar refractivity (Wildman–Crippen MR) is 158 cm³/mol. The molecular formula is C29H33Cl2N3O4S. The van der Waals surface area contributed by atoms with Gasteiger partial charge in [0.1, 0.15) is 12.6 Å². The van der Waals surface area contributed by atoms with Gasteiger partial charge >= 0.3 is 0 Å². The molecule has 10 heteroatoms. The first-order chi connectivity index (χ1) is 18.4. The van der Waals surface area contributed by atoms with Crippen molar-refractivity contribution in [1.29, 1.82) is 0 Å². The number of amides is 2. The highest BCUT2D eigenvalue weighted by Crippen LogP contribution is 2.27. The second-order valence-corrected chi connectivity index (χ2v) is 12.1. The zero-order chi connectivity index (χ0) is 28.7. The van der Waals surface area contributed by atoms with Crippen LogP contribution in [-0.2, 0) is 32.6 Å². The Morgan fingerprint density at radius 2 is 1.67 bits per heavy atom. The maximum atomic E-state index is 14.1. The lowest BCUT2D eigenvalue weighted by Gasteiger charge is -2.34. The van der Waals surface area contributed by atoms with Gasteiger partial charge in [-0.1, -0.05) is 71.7 Å². The molecule has 0 saturated heterocycles. The van der Waals surface area contributed by atoms with E-state index in [0.717, 1.165) is 27.3 Å². The third-order valence-electron chi connectivity index (χ3n) is 6.50. The molecule has 3 aromatic rings. The minimum atomic E-state index is -3.85. The number of carbonyl (C=O) groups excluding carboxylic acids is 2. The van der Waals surface area contributed by atoms with Gasteiger partial charge in [-0.05, 0) is 61.2 Å². The summed E-state index contributed by atoms with van der Waals surface area (Å²) in [5, 5.41) is 3.60. The van der Waals surface area contributed by atoms with Gasteiger partial charge in [0.15, 0.2) is 0 Å². The average Bonchev–Trinajstić information content (AvgIpc) is 2.87. The zero-order valence-corrected chi connectivity index (χ0v) is 24.8. The van der Waals surface area contributed by atoms with Crippen molar-refractivity contribution in [2.45, 2.75) is 39.8 Å². The molecule has 0 aliphatic rings. The van der Waals surface area contributed by atoms with Gasteiger partial charge in [-0.3, -0.25) is 13.9 Å². The van der Waals surface area contributed by atoms with E-state index in [-0.39, 0.29) is 18.9 Å². The minimum absolute atomic E-state index is 0.0200. The normalized spacial score (nSPS) is 12.1. The number of benzene rings is 3. The molecule has 3 rings (SSSR count). The van der Waals surface area contributed by atoms with Crippen LogP contribution in [0.5, 0.6) is 0 Å². The van der Waals surface area contributed by atoms with Gasteiger partial charge < -0.3 is 10.2 Å². The molecule has 208 valence electrons. The molecule has 0 radical (unpaired) electrons. The van der Waals surface area contributed by atoms with Gasteiger partial charge in [-0.15, -0.1) is 0 Å². The molecule has 1 N–H and O–H groups in total. The maximum absolute atomic E-state index is 14.1. The number of rotatable bonds is 11. The van der Waals surface area contributed by atoms with Gasteiger partial charge in [0.2, 0.25) is 21.8 Å². The van der Waals surface area contributed by atoms with Crippen molar-refractivity contribution in [2.75, 3.05) is 23.7 Å². The monoisotopic (exact) mass is 589 g/mol. The Balaban J connectivity index is 2.09. The van der Waals surface area contributed by atoms with E-state index in [1.165, 1.54) is 4.90 Å². The highest BCUT2D eigenvalue weighted by atomic mass is 35.5. The van der Waals surface area contributed by atoms with Crippen molar-refractivity contribution in [3.8, 4) is 0 Å². The predicted octanol–water partition coefficient (Wildman–Crippen LogP) is 5.15. The van der Waals surface area contributed by atoms with Crippen molar-refractivity contribution < 1.29 is 18.0 Å². The van der Waals surface area contributed by atoms with Crippen molar-refractivity contribution in [2.24, 2.45) is 0 Å². The van der Waals surface area contributed by atoms with Crippen LogP contribution in [0.1, 0.15) is 29.2 Å². The lowest BCUT2D eigenvalue weighted by molar-refractivity contribution is -0.140. The van der Waals surface area contributed by atoms with Gasteiger partial charge in [0.25, 0.3) is 0 Å². The third kappa shape index (κ3) is 7.97. The van der Waals surface area contributed by atoms with Gasteiger partial charge in [-0.25, -0.2) is 8.42 Å². The molecule has 0 saturated carbocycles. The largest absolute Gasteiger partial charge is 0.355 e. The summed E-state index contributed by atoms with van der Waals surface area (Å²) in [6.45, 7) is 5.34. The van der Waals surface area contributed by atoms with E-state index in [0.29, 0.717) is 27.8 Å². The number of halogens is 2. The summed E-state index contributed by atoms with van der Waals surface area (Å²) >= 11 is 12.6. The standard InChI is InChI=1S/C29H33Cl2N3O4S/c1-5-32-29(36)27(16-22-11-7-6-8-12-22)33(18-23-14-15-24(30)17-25(23)31)28(35)19-34(39(4,37)38)26-13-9-10-20(2)21(26)3/h6-15,17,27H,5,16,18-19H2,1-4H3,(H,32,36). The van der Waals surface area contributed by atoms with Gasteiger partial charge in [0.05, 0.1) is 11.9 Å². The number of nitrogens with one attached hydrogen (secondary N) is 1. The van der Waals surface area contributed by atoms with Crippen LogP contribution in [0.3, 0.4) is 0 Å². The third-order valence-corrected chi connectivity index (χ3v) is 8.22. The first-order valence-corrected chi connectivity index (χ1v) is 15.1. The van der Waals surface area contributed by atoms with Crippen LogP contribution in [0.15, 0.2) is 66.7 Å². The van der Waals surface area contributed by atoms with Crippen LogP contribution in [0.2, 0.25) is 10.0 Å². The fourth-order valence-corrected chi connectivity index (χ4v) is 5.65. The summed E-state index contributed by atoms with van der Waals surface area (Å²) in [5.41, 5.74) is 3.47. The zero-order valence-electron chi connectivity index (χ0n) is 22.4. The number of carbonyl (C=O) groups is 2. The molecule has 0 bridgehead atoms. The second kappa shape index (κ2) is 13.3. The summed E-state index contributed by atoms with van der Waals surface area (Å²) < 4.78 is 27.0. The van der Waals surface area contributed by atoms with E-state index < -0.39 is 28.5 Å². The summed E-state index contributed by atoms with van der Waals surface area (Å²) in [6, 6.07) is 18.6. The van der Waals surface area contributed by atoms with E-state index in [9.17, 15) is 18.0 Å². The highest BCUT2D eigenvalue weighted by molar-refractivity contribution is 7.92. The van der Waals surface area contributed by atoms with Gasteiger partial charge in [-0.2, -0.15) is 0 Å². The highest BCUT2D eigenvalue weighted by Gasteiger charge is 2.33. The molecule has 0 aromatic heterocycles. The molecule has 0 aliphatic carbocycles. The molecule has 0 spiro atoms. The summed E-state index contributed by atoms with van der Waals surface area (Å²) in [4.78, 5) is 28.8.